The Balaban J connectivity index is 1.91. The fourth-order valence-corrected chi connectivity index (χ4v) is 3.19. The van der Waals surface area contributed by atoms with Gasteiger partial charge in [0, 0.05) is 16.6 Å². The van der Waals surface area contributed by atoms with Gasteiger partial charge in [-0.25, -0.2) is 4.79 Å². The first-order valence-electron chi connectivity index (χ1n) is 8.70. The number of nitrogens with zero attached hydrogens (tertiary/aromatic N) is 1. The molecule has 1 heterocycles. The third-order valence-corrected chi connectivity index (χ3v) is 4.27. The van der Waals surface area contributed by atoms with E-state index in [-0.39, 0.29) is 11.4 Å². The largest absolute Gasteiger partial charge is 0.449 e. The van der Waals surface area contributed by atoms with Crippen LogP contribution in [0.4, 0.5) is 0 Å². The molecule has 1 N–H and O–H groups in total. The van der Waals surface area contributed by atoms with E-state index in [9.17, 15) is 9.59 Å². The molecule has 5 nitrogen and oxygen atoms in total. The Kier molecular flexibility index (Phi) is 4.50. The number of nitrogens with one attached hydrogen (secondary N) is 1. The predicted octanol–water partition coefficient (Wildman–Crippen LogP) is 3.18. The lowest BCUT2D eigenvalue weighted by atomic mass is 10.0. The molecule has 0 saturated carbocycles. The normalized spacial score (nSPS) is 14.9. The molecule has 0 fully saturated rings. The Hall–Kier alpha value is -2.43. The molecule has 3 rings (SSSR count). The fraction of sp³-hybridized carbons (Fsp3) is 0.450. The summed E-state index contributed by atoms with van der Waals surface area (Å²) in [6.45, 7) is 7.27. The van der Waals surface area contributed by atoms with Crippen molar-refractivity contribution in [1.29, 1.82) is 0 Å². The highest BCUT2D eigenvalue weighted by Crippen LogP contribution is 2.30. The van der Waals surface area contributed by atoms with Crippen molar-refractivity contribution >= 4 is 22.8 Å². The van der Waals surface area contributed by atoms with E-state index in [2.05, 4.69) is 10.3 Å². The van der Waals surface area contributed by atoms with E-state index in [0.29, 0.717) is 5.56 Å². The van der Waals surface area contributed by atoms with Gasteiger partial charge in [-0.15, -0.1) is 0 Å². The van der Waals surface area contributed by atoms with Gasteiger partial charge in [0.25, 0.3) is 5.91 Å². The number of fused-ring (bicyclic) bond motifs is 2. The highest BCUT2D eigenvalue weighted by molar-refractivity contribution is 6.06. The van der Waals surface area contributed by atoms with E-state index in [1.807, 2.05) is 45.0 Å². The van der Waals surface area contributed by atoms with Crippen molar-refractivity contribution in [2.75, 3.05) is 0 Å². The Labute approximate surface area is 147 Å². The summed E-state index contributed by atoms with van der Waals surface area (Å²) in [5.74, 6) is -0.746. The third kappa shape index (κ3) is 3.65. The molecule has 0 spiro atoms. The van der Waals surface area contributed by atoms with Crippen molar-refractivity contribution < 1.29 is 14.3 Å². The molecule has 0 saturated heterocycles. The highest BCUT2D eigenvalue weighted by atomic mass is 16.5. The standard InChI is InChI=1S/C20H24N2O3/c1-12(18(23)22-20(2,3)4)25-19(24)17-13-8-5-6-10-15(13)21-16-11-7-9-14(16)17/h5-6,8,10,12H,7,9,11H2,1-4H3,(H,22,23). The average Bonchev–Trinajstić information content (AvgIpc) is 2.98. The summed E-state index contributed by atoms with van der Waals surface area (Å²) >= 11 is 0. The van der Waals surface area contributed by atoms with Gasteiger partial charge < -0.3 is 10.1 Å². The van der Waals surface area contributed by atoms with Crippen molar-refractivity contribution in [3.63, 3.8) is 0 Å². The van der Waals surface area contributed by atoms with E-state index in [0.717, 1.165) is 41.4 Å². The van der Waals surface area contributed by atoms with E-state index < -0.39 is 12.1 Å². The molecule has 132 valence electrons. The van der Waals surface area contributed by atoms with Gasteiger partial charge in [0.05, 0.1) is 11.1 Å². The van der Waals surface area contributed by atoms with E-state index in [1.165, 1.54) is 0 Å². The minimum atomic E-state index is -0.851. The second-order valence-corrected chi connectivity index (χ2v) is 7.57. The van der Waals surface area contributed by atoms with E-state index in [4.69, 9.17) is 4.74 Å². The molecule has 0 radical (unpaired) electrons. The van der Waals surface area contributed by atoms with Gasteiger partial charge in [-0.05, 0) is 58.6 Å². The van der Waals surface area contributed by atoms with E-state index >= 15 is 0 Å². The van der Waals surface area contributed by atoms with Gasteiger partial charge in [-0.1, -0.05) is 18.2 Å². The zero-order valence-corrected chi connectivity index (χ0v) is 15.2. The molecule has 0 bridgehead atoms. The SMILES string of the molecule is CC(OC(=O)c1c2c(nc3ccccc13)CCC2)C(=O)NC(C)(C)C. The number of carbonyl (C=O) groups excluding carboxylic acids is 2. The molecule has 1 aliphatic rings. The predicted molar refractivity (Wildman–Crippen MR) is 96.5 cm³/mol. The quantitative estimate of drug-likeness (QED) is 0.871. The molecule has 1 unspecified atom stereocenters. The van der Waals surface area contributed by atoms with Crippen LogP contribution in [0.5, 0.6) is 0 Å². The number of aromatic nitrogens is 1. The van der Waals surface area contributed by atoms with Crippen LogP contribution in [0.15, 0.2) is 24.3 Å². The number of rotatable bonds is 3. The lowest BCUT2D eigenvalue weighted by molar-refractivity contribution is -0.130. The second kappa shape index (κ2) is 6.47. The van der Waals surface area contributed by atoms with Crippen molar-refractivity contribution in [2.24, 2.45) is 0 Å². The number of benzene rings is 1. The van der Waals surface area contributed by atoms with Crippen molar-refractivity contribution in [3.8, 4) is 0 Å². The summed E-state index contributed by atoms with van der Waals surface area (Å²) in [5, 5.41) is 3.63. The molecule has 1 aromatic heterocycles. The first-order chi connectivity index (χ1) is 11.8. The summed E-state index contributed by atoms with van der Waals surface area (Å²) in [6.07, 6.45) is 1.83. The third-order valence-electron chi connectivity index (χ3n) is 4.27. The number of para-hydroxylation sites is 1. The zero-order valence-electron chi connectivity index (χ0n) is 15.2. The van der Waals surface area contributed by atoms with Crippen molar-refractivity contribution in [3.05, 3.63) is 41.1 Å². The van der Waals surface area contributed by atoms with Crippen molar-refractivity contribution in [2.45, 2.75) is 58.6 Å². The summed E-state index contributed by atoms with van der Waals surface area (Å²) in [5.41, 5.74) is 2.92. The van der Waals surface area contributed by atoms with Gasteiger partial charge in [-0.2, -0.15) is 0 Å². The maximum absolute atomic E-state index is 12.9. The van der Waals surface area contributed by atoms with Crippen LogP contribution in [0.1, 0.15) is 55.7 Å². The van der Waals surface area contributed by atoms with Crippen LogP contribution in [0.25, 0.3) is 10.9 Å². The van der Waals surface area contributed by atoms with E-state index in [1.54, 1.807) is 6.92 Å². The topological polar surface area (TPSA) is 68.3 Å². The van der Waals surface area contributed by atoms with Crippen molar-refractivity contribution in [1.82, 2.24) is 10.3 Å². The van der Waals surface area contributed by atoms with Crippen LogP contribution < -0.4 is 5.32 Å². The van der Waals surface area contributed by atoms with Gasteiger partial charge in [0.1, 0.15) is 0 Å². The number of amides is 1. The zero-order chi connectivity index (χ0) is 18.2. The first kappa shape index (κ1) is 17.4. The fourth-order valence-electron chi connectivity index (χ4n) is 3.19. The van der Waals surface area contributed by atoms with Gasteiger partial charge in [-0.3, -0.25) is 9.78 Å². The lowest BCUT2D eigenvalue weighted by Gasteiger charge is -2.23. The molecular formula is C20H24N2O3. The molecule has 0 aliphatic heterocycles. The smallest absolute Gasteiger partial charge is 0.339 e. The molecule has 1 atom stereocenters. The second-order valence-electron chi connectivity index (χ2n) is 7.57. The molecule has 1 amide bonds. The summed E-state index contributed by atoms with van der Waals surface area (Å²) in [6, 6.07) is 7.58. The number of ether oxygens (including phenoxy) is 1. The Morgan fingerprint density at radius 3 is 2.64 bits per heavy atom. The molecule has 25 heavy (non-hydrogen) atoms. The summed E-state index contributed by atoms with van der Waals surface area (Å²) in [4.78, 5) is 29.8. The molecule has 2 aromatic rings. The molecular weight excluding hydrogens is 316 g/mol. The van der Waals surface area contributed by atoms with Crippen LogP contribution in [-0.2, 0) is 22.4 Å². The van der Waals surface area contributed by atoms with Gasteiger partial charge in [0.2, 0.25) is 0 Å². The maximum atomic E-state index is 12.9. The molecule has 1 aliphatic carbocycles. The van der Waals surface area contributed by atoms with Gasteiger partial charge >= 0.3 is 5.97 Å². The van der Waals surface area contributed by atoms with Crippen LogP contribution in [-0.4, -0.2) is 28.5 Å². The average molecular weight is 340 g/mol. The summed E-state index contributed by atoms with van der Waals surface area (Å²) in [7, 11) is 0. The molecule has 5 heteroatoms. The van der Waals surface area contributed by atoms with Crippen LogP contribution in [0, 0.1) is 0 Å². The number of pyridine rings is 1. The molecule has 1 aromatic carbocycles. The Bertz CT molecular complexity index is 837. The number of hydrogen-bond acceptors (Lipinski definition) is 4. The van der Waals surface area contributed by atoms with Crippen LogP contribution in [0.2, 0.25) is 0 Å². The number of hydrogen-bond donors (Lipinski definition) is 1. The minimum Gasteiger partial charge on any atom is -0.449 e. The number of esters is 1. The Morgan fingerprint density at radius 2 is 1.92 bits per heavy atom. The van der Waals surface area contributed by atoms with Crippen LogP contribution in [0.3, 0.4) is 0 Å². The van der Waals surface area contributed by atoms with Crippen LogP contribution >= 0.6 is 0 Å². The first-order valence-corrected chi connectivity index (χ1v) is 8.70. The number of aryl methyl sites for hydroxylation is 1. The lowest BCUT2D eigenvalue weighted by Crippen LogP contribution is -2.46. The minimum absolute atomic E-state index is 0.296. The monoisotopic (exact) mass is 340 g/mol. The van der Waals surface area contributed by atoms with Gasteiger partial charge in [0.15, 0.2) is 6.10 Å². The Morgan fingerprint density at radius 1 is 1.20 bits per heavy atom. The maximum Gasteiger partial charge on any atom is 0.339 e. The highest BCUT2D eigenvalue weighted by Gasteiger charge is 2.28. The summed E-state index contributed by atoms with van der Waals surface area (Å²) < 4.78 is 5.50. The number of carbonyl (C=O) groups is 2.